The van der Waals surface area contributed by atoms with E-state index in [9.17, 15) is 5.11 Å². The van der Waals surface area contributed by atoms with Gasteiger partial charge < -0.3 is 10.4 Å². The maximum Gasteiger partial charge on any atom is 0.139 e. The second kappa shape index (κ2) is 5.91. The smallest absolute Gasteiger partial charge is 0.139 e. The first-order chi connectivity index (χ1) is 8.97. The van der Waals surface area contributed by atoms with Crippen molar-refractivity contribution in [2.45, 2.75) is 13.5 Å². The molecule has 2 aromatic carbocycles. The van der Waals surface area contributed by atoms with Crippen LogP contribution in [0.5, 0.6) is 5.75 Å². The Kier molecular flexibility index (Phi) is 4.46. The van der Waals surface area contributed by atoms with Crippen molar-refractivity contribution in [1.29, 1.82) is 0 Å². The number of anilines is 1. The number of rotatable bonds is 3. The highest BCUT2D eigenvalue weighted by atomic mass is 35.5. The van der Waals surface area contributed by atoms with Crippen LogP contribution in [0, 0.1) is 6.92 Å². The van der Waals surface area contributed by atoms with Crippen LogP contribution in [0.3, 0.4) is 0 Å². The normalized spacial score (nSPS) is 10.5. The van der Waals surface area contributed by atoms with Gasteiger partial charge in [0.05, 0.1) is 5.02 Å². The molecule has 5 heteroatoms. The monoisotopic (exact) mass is 315 g/mol. The predicted molar refractivity (Wildman–Crippen MR) is 81.6 cm³/mol. The van der Waals surface area contributed by atoms with Crippen LogP contribution in [0.4, 0.5) is 5.69 Å². The number of benzene rings is 2. The van der Waals surface area contributed by atoms with Crippen molar-refractivity contribution < 1.29 is 5.11 Å². The Morgan fingerprint density at radius 2 is 1.79 bits per heavy atom. The van der Waals surface area contributed by atoms with E-state index in [1.165, 1.54) is 6.07 Å². The summed E-state index contributed by atoms with van der Waals surface area (Å²) in [5.41, 5.74) is 2.61. The topological polar surface area (TPSA) is 32.3 Å². The Morgan fingerprint density at radius 1 is 1.05 bits per heavy atom. The van der Waals surface area contributed by atoms with E-state index in [0.29, 0.717) is 22.2 Å². The predicted octanol–water partition coefficient (Wildman–Crippen LogP) is 5.27. The van der Waals surface area contributed by atoms with Crippen molar-refractivity contribution in [2.75, 3.05) is 5.32 Å². The van der Waals surface area contributed by atoms with Crippen LogP contribution in [0.15, 0.2) is 30.3 Å². The molecule has 0 aliphatic carbocycles. The molecule has 19 heavy (non-hydrogen) atoms. The summed E-state index contributed by atoms with van der Waals surface area (Å²) in [6, 6.07) is 8.77. The first kappa shape index (κ1) is 14.3. The molecule has 0 spiro atoms. The standard InChI is InChI=1S/C14H12Cl3NO/c1-8-2-3-10(15)6-13(8)18-7-9-4-11(16)5-12(17)14(9)19/h2-6,18-19H,7H2,1H3. The average Bonchev–Trinajstić information content (AvgIpc) is 2.35. The lowest BCUT2D eigenvalue weighted by molar-refractivity contribution is 0.469. The Bertz CT molecular complexity index is 614. The zero-order valence-corrected chi connectivity index (χ0v) is 12.4. The average molecular weight is 317 g/mol. The van der Waals surface area contributed by atoms with Gasteiger partial charge >= 0.3 is 0 Å². The van der Waals surface area contributed by atoms with Gasteiger partial charge in [0, 0.05) is 27.8 Å². The molecule has 0 amide bonds. The Morgan fingerprint density at radius 3 is 2.53 bits per heavy atom. The molecule has 0 aliphatic heterocycles. The highest BCUT2D eigenvalue weighted by Gasteiger charge is 2.08. The van der Waals surface area contributed by atoms with E-state index in [2.05, 4.69) is 5.32 Å². The number of aromatic hydroxyl groups is 1. The molecule has 2 N–H and O–H groups in total. The molecule has 0 bridgehead atoms. The van der Waals surface area contributed by atoms with E-state index in [1.54, 1.807) is 6.07 Å². The molecule has 0 unspecified atom stereocenters. The van der Waals surface area contributed by atoms with Gasteiger partial charge in [0.25, 0.3) is 0 Å². The number of nitrogens with one attached hydrogen (secondary N) is 1. The number of phenolic OH excluding ortho intramolecular Hbond substituents is 1. The second-order valence-electron chi connectivity index (χ2n) is 4.21. The fourth-order valence-corrected chi connectivity index (χ4v) is 2.44. The highest BCUT2D eigenvalue weighted by Crippen LogP contribution is 2.32. The summed E-state index contributed by atoms with van der Waals surface area (Å²) in [6.07, 6.45) is 0. The summed E-state index contributed by atoms with van der Waals surface area (Å²) in [5.74, 6) is 0.0400. The van der Waals surface area contributed by atoms with Gasteiger partial charge in [-0.25, -0.2) is 0 Å². The molecule has 2 nitrogen and oxygen atoms in total. The maximum absolute atomic E-state index is 9.87. The molecule has 0 saturated carbocycles. The highest BCUT2D eigenvalue weighted by molar-refractivity contribution is 6.35. The molecule has 0 fully saturated rings. The van der Waals surface area contributed by atoms with Crippen LogP contribution >= 0.6 is 34.8 Å². The van der Waals surface area contributed by atoms with Crippen molar-refractivity contribution in [1.82, 2.24) is 0 Å². The fourth-order valence-electron chi connectivity index (χ4n) is 1.73. The number of aryl methyl sites for hydroxylation is 1. The first-order valence-electron chi connectivity index (χ1n) is 5.64. The third kappa shape index (κ3) is 3.47. The maximum atomic E-state index is 9.87. The van der Waals surface area contributed by atoms with E-state index < -0.39 is 0 Å². The van der Waals surface area contributed by atoms with Crippen molar-refractivity contribution in [3.63, 3.8) is 0 Å². The third-order valence-corrected chi connectivity index (χ3v) is 3.52. The van der Waals surface area contributed by atoms with Crippen LogP contribution in [0.25, 0.3) is 0 Å². The summed E-state index contributed by atoms with van der Waals surface area (Å²) in [7, 11) is 0. The molecule has 0 aliphatic rings. The summed E-state index contributed by atoms with van der Waals surface area (Å²) in [4.78, 5) is 0. The number of halogens is 3. The molecule has 0 atom stereocenters. The van der Waals surface area contributed by atoms with Crippen molar-refractivity contribution >= 4 is 40.5 Å². The zero-order valence-electron chi connectivity index (χ0n) is 10.2. The lowest BCUT2D eigenvalue weighted by atomic mass is 10.1. The van der Waals surface area contributed by atoms with E-state index >= 15 is 0 Å². The minimum absolute atomic E-state index is 0.0400. The van der Waals surface area contributed by atoms with Gasteiger partial charge in [0.2, 0.25) is 0 Å². The summed E-state index contributed by atoms with van der Waals surface area (Å²) < 4.78 is 0. The van der Waals surface area contributed by atoms with Crippen molar-refractivity contribution in [3.8, 4) is 5.75 Å². The number of phenols is 1. The lowest BCUT2D eigenvalue weighted by Crippen LogP contribution is -2.01. The van der Waals surface area contributed by atoms with Crippen LogP contribution in [-0.2, 0) is 6.54 Å². The Hall–Kier alpha value is -1.09. The second-order valence-corrected chi connectivity index (χ2v) is 5.49. The van der Waals surface area contributed by atoms with Crippen molar-refractivity contribution in [3.05, 3.63) is 56.5 Å². The van der Waals surface area contributed by atoms with Crippen LogP contribution in [-0.4, -0.2) is 5.11 Å². The van der Waals surface area contributed by atoms with Gasteiger partial charge in [-0.1, -0.05) is 40.9 Å². The van der Waals surface area contributed by atoms with Gasteiger partial charge in [0.15, 0.2) is 0 Å². The fraction of sp³-hybridized carbons (Fsp3) is 0.143. The molecule has 100 valence electrons. The van der Waals surface area contributed by atoms with E-state index in [-0.39, 0.29) is 10.8 Å². The van der Waals surface area contributed by atoms with Crippen LogP contribution in [0.1, 0.15) is 11.1 Å². The molecule has 0 saturated heterocycles. The molecule has 0 heterocycles. The Labute approximate surface area is 126 Å². The largest absolute Gasteiger partial charge is 0.506 e. The molecular formula is C14H12Cl3NO. The molecule has 0 aromatic heterocycles. The Balaban J connectivity index is 2.21. The zero-order chi connectivity index (χ0) is 14.0. The summed E-state index contributed by atoms with van der Waals surface area (Å²) in [5, 5.41) is 14.5. The molecule has 0 radical (unpaired) electrons. The lowest BCUT2D eigenvalue weighted by Gasteiger charge is -2.12. The summed E-state index contributed by atoms with van der Waals surface area (Å²) >= 11 is 17.7. The van der Waals surface area contributed by atoms with Crippen LogP contribution in [0.2, 0.25) is 15.1 Å². The minimum atomic E-state index is 0.0400. The van der Waals surface area contributed by atoms with Gasteiger partial charge in [-0.2, -0.15) is 0 Å². The number of hydrogen-bond donors (Lipinski definition) is 2. The van der Waals surface area contributed by atoms with Crippen molar-refractivity contribution in [2.24, 2.45) is 0 Å². The van der Waals surface area contributed by atoms with E-state index in [0.717, 1.165) is 11.3 Å². The van der Waals surface area contributed by atoms with Gasteiger partial charge in [0.1, 0.15) is 5.75 Å². The van der Waals surface area contributed by atoms with Gasteiger partial charge in [-0.3, -0.25) is 0 Å². The third-order valence-electron chi connectivity index (χ3n) is 2.78. The minimum Gasteiger partial charge on any atom is -0.506 e. The number of hydrogen-bond acceptors (Lipinski definition) is 2. The van der Waals surface area contributed by atoms with E-state index in [4.69, 9.17) is 34.8 Å². The molecule has 2 rings (SSSR count). The quantitative estimate of drug-likeness (QED) is 0.808. The van der Waals surface area contributed by atoms with E-state index in [1.807, 2.05) is 25.1 Å². The molecule has 2 aromatic rings. The van der Waals surface area contributed by atoms with Gasteiger partial charge in [-0.05, 0) is 36.8 Å². The molecular weight excluding hydrogens is 305 g/mol. The first-order valence-corrected chi connectivity index (χ1v) is 6.77. The van der Waals surface area contributed by atoms with Crippen LogP contribution < -0.4 is 5.32 Å². The SMILES string of the molecule is Cc1ccc(Cl)cc1NCc1cc(Cl)cc(Cl)c1O. The van der Waals surface area contributed by atoms with Gasteiger partial charge in [-0.15, -0.1) is 0 Å². The summed E-state index contributed by atoms with van der Waals surface area (Å²) in [6.45, 7) is 2.39.